The van der Waals surface area contributed by atoms with Gasteiger partial charge in [0.15, 0.2) is 5.16 Å². The van der Waals surface area contributed by atoms with E-state index < -0.39 is 11.9 Å². The highest BCUT2D eigenvalue weighted by molar-refractivity contribution is 8.00. The largest absolute Gasteiger partial charge is 0.435 e. The standard InChI is InChI=1S/C13H14F2N6O2S/c1-6(24-13-20-11(16)19-12(17)21-13)9(22)18-7-2-4-8(5-3-7)23-10(14)15/h2-6,10H,1H3,(H,18,22)(H4,16,17,19,20,21). The predicted molar refractivity (Wildman–Crippen MR) is 85.7 cm³/mol. The zero-order valence-electron chi connectivity index (χ0n) is 12.4. The molecular weight excluding hydrogens is 342 g/mol. The van der Waals surface area contributed by atoms with Crippen molar-refractivity contribution in [3.05, 3.63) is 24.3 Å². The number of nitrogens with two attached hydrogens (primary N) is 2. The average Bonchev–Trinajstić information content (AvgIpc) is 2.47. The third kappa shape index (κ3) is 5.19. The number of amides is 1. The van der Waals surface area contributed by atoms with Gasteiger partial charge < -0.3 is 21.5 Å². The van der Waals surface area contributed by atoms with Gasteiger partial charge in [-0.15, -0.1) is 0 Å². The zero-order valence-corrected chi connectivity index (χ0v) is 13.3. The van der Waals surface area contributed by atoms with Gasteiger partial charge in [-0.1, -0.05) is 11.8 Å². The molecular formula is C13H14F2N6O2S. The van der Waals surface area contributed by atoms with E-state index in [1.165, 1.54) is 24.3 Å². The fourth-order valence-electron chi connectivity index (χ4n) is 1.62. The number of rotatable bonds is 6. The number of hydrogen-bond acceptors (Lipinski definition) is 8. The maximum absolute atomic E-state index is 12.1. The molecule has 2 rings (SSSR count). The van der Waals surface area contributed by atoms with Crippen molar-refractivity contribution in [1.29, 1.82) is 0 Å². The molecule has 2 aromatic rings. The molecule has 1 amide bonds. The molecule has 0 saturated heterocycles. The Labute approximate surface area is 140 Å². The number of hydrogen-bond donors (Lipinski definition) is 3. The van der Waals surface area contributed by atoms with Crippen LogP contribution in [0.15, 0.2) is 29.4 Å². The quantitative estimate of drug-likeness (QED) is 0.668. The summed E-state index contributed by atoms with van der Waals surface area (Å²) >= 11 is 1.05. The van der Waals surface area contributed by atoms with Gasteiger partial charge in [0, 0.05) is 5.69 Å². The molecule has 1 aromatic heterocycles. The van der Waals surface area contributed by atoms with Crippen molar-refractivity contribution in [3.63, 3.8) is 0 Å². The Kier molecular flexibility index (Phi) is 5.68. The molecule has 1 atom stereocenters. The van der Waals surface area contributed by atoms with Crippen molar-refractivity contribution in [2.45, 2.75) is 23.9 Å². The molecule has 128 valence electrons. The average molecular weight is 356 g/mol. The van der Waals surface area contributed by atoms with Crippen molar-refractivity contribution in [2.75, 3.05) is 16.8 Å². The van der Waals surface area contributed by atoms with Crippen LogP contribution in [-0.2, 0) is 4.79 Å². The number of carbonyl (C=O) groups excluding carboxylic acids is 1. The fraction of sp³-hybridized carbons (Fsp3) is 0.231. The molecule has 1 heterocycles. The van der Waals surface area contributed by atoms with Gasteiger partial charge in [-0.2, -0.15) is 23.7 Å². The molecule has 0 aliphatic rings. The van der Waals surface area contributed by atoms with Crippen LogP contribution in [0.25, 0.3) is 0 Å². The van der Waals surface area contributed by atoms with E-state index in [2.05, 4.69) is 25.0 Å². The molecule has 24 heavy (non-hydrogen) atoms. The van der Waals surface area contributed by atoms with Crippen molar-refractivity contribution in [2.24, 2.45) is 0 Å². The lowest BCUT2D eigenvalue weighted by molar-refractivity contribution is -0.115. The third-order valence-corrected chi connectivity index (χ3v) is 3.61. The van der Waals surface area contributed by atoms with E-state index in [9.17, 15) is 13.6 Å². The minimum Gasteiger partial charge on any atom is -0.435 e. The molecule has 0 bridgehead atoms. The van der Waals surface area contributed by atoms with Crippen LogP contribution in [0.4, 0.5) is 26.4 Å². The van der Waals surface area contributed by atoms with Crippen LogP contribution in [-0.4, -0.2) is 32.7 Å². The van der Waals surface area contributed by atoms with Crippen molar-refractivity contribution in [1.82, 2.24) is 15.0 Å². The minimum absolute atomic E-state index is 0.00144. The summed E-state index contributed by atoms with van der Waals surface area (Å²) < 4.78 is 28.4. The molecule has 0 fully saturated rings. The van der Waals surface area contributed by atoms with Crippen LogP contribution in [0.3, 0.4) is 0 Å². The number of anilines is 3. The van der Waals surface area contributed by atoms with E-state index >= 15 is 0 Å². The number of carbonyl (C=O) groups is 1. The molecule has 0 saturated carbocycles. The number of alkyl halides is 2. The molecule has 8 nitrogen and oxygen atoms in total. The molecule has 0 spiro atoms. The molecule has 1 unspecified atom stereocenters. The minimum atomic E-state index is -2.90. The lowest BCUT2D eigenvalue weighted by Crippen LogP contribution is -2.22. The summed E-state index contributed by atoms with van der Waals surface area (Å²) in [6.07, 6.45) is 0. The van der Waals surface area contributed by atoms with Gasteiger partial charge in [0.1, 0.15) is 5.75 Å². The number of benzene rings is 1. The van der Waals surface area contributed by atoms with E-state index in [-0.39, 0.29) is 28.7 Å². The zero-order chi connectivity index (χ0) is 17.7. The third-order valence-electron chi connectivity index (χ3n) is 2.65. The van der Waals surface area contributed by atoms with Gasteiger partial charge in [0.2, 0.25) is 17.8 Å². The lowest BCUT2D eigenvalue weighted by Gasteiger charge is -2.12. The van der Waals surface area contributed by atoms with Gasteiger partial charge >= 0.3 is 6.61 Å². The second-order valence-electron chi connectivity index (χ2n) is 4.49. The van der Waals surface area contributed by atoms with E-state index in [1.807, 2.05) is 0 Å². The van der Waals surface area contributed by atoms with Crippen LogP contribution in [0.1, 0.15) is 6.92 Å². The fourth-order valence-corrected chi connectivity index (χ4v) is 2.39. The Morgan fingerprint density at radius 3 is 2.29 bits per heavy atom. The number of halogens is 2. The summed E-state index contributed by atoms with van der Waals surface area (Å²) in [6.45, 7) is -1.26. The number of aromatic nitrogens is 3. The van der Waals surface area contributed by atoms with Gasteiger partial charge in [0.25, 0.3) is 0 Å². The van der Waals surface area contributed by atoms with Gasteiger partial charge in [-0.3, -0.25) is 4.79 Å². The van der Waals surface area contributed by atoms with E-state index in [0.29, 0.717) is 5.69 Å². The summed E-state index contributed by atoms with van der Waals surface area (Å²) in [4.78, 5) is 23.5. The van der Waals surface area contributed by atoms with E-state index in [4.69, 9.17) is 11.5 Å². The van der Waals surface area contributed by atoms with Gasteiger partial charge in [0.05, 0.1) is 5.25 Å². The molecule has 5 N–H and O–H groups in total. The predicted octanol–water partition coefficient (Wildman–Crippen LogP) is 1.76. The van der Waals surface area contributed by atoms with Crippen LogP contribution >= 0.6 is 11.8 Å². The van der Waals surface area contributed by atoms with E-state index in [0.717, 1.165) is 11.8 Å². The normalized spacial score (nSPS) is 12.0. The van der Waals surface area contributed by atoms with Crippen LogP contribution in [0.2, 0.25) is 0 Å². The number of nitrogens with one attached hydrogen (secondary N) is 1. The second-order valence-corrected chi connectivity index (χ2v) is 5.79. The highest BCUT2D eigenvalue weighted by Gasteiger charge is 2.17. The first-order valence-corrected chi connectivity index (χ1v) is 7.51. The summed E-state index contributed by atoms with van der Waals surface area (Å²) in [5.41, 5.74) is 11.4. The van der Waals surface area contributed by atoms with Crippen molar-refractivity contribution < 1.29 is 18.3 Å². The number of thioether (sulfide) groups is 1. The Morgan fingerprint density at radius 2 is 1.75 bits per heavy atom. The second kappa shape index (κ2) is 7.73. The number of nitrogens with zero attached hydrogens (tertiary/aromatic N) is 3. The first kappa shape index (κ1) is 17.7. The molecule has 0 aliphatic carbocycles. The van der Waals surface area contributed by atoms with E-state index in [1.54, 1.807) is 6.92 Å². The Bertz CT molecular complexity index is 696. The maximum atomic E-state index is 12.1. The first-order chi connectivity index (χ1) is 11.3. The van der Waals surface area contributed by atoms with Gasteiger partial charge in [-0.05, 0) is 31.2 Å². The van der Waals surface area contributed by atoms with Crippen molar-refractivity contribution >= 4 is 35.3 Å². The SMILES string of the molecule is CC(Sc1nc(N)nc(N)n1)C(=O)Nc1ccc(OC(F)F)cc1. The Hall–Kier alpha value is -2.69. The summed E-state index contributed by atoms with van der Waals surface area (Å²) in [5.74, 6) is -0.402. The maximum Gasteiger partial charge on any atom is 0.387 e. The summed E-state index contributed by atoms with van der Waals surface area (Å²) in [5, 5.41) is 2.31. The highest BCUT2D eigenvalue weighted by Crippen LogP contribution is 2.23. The molecule has 11 heteroatoms. The topological polar surface area (TPSA) is 129 Å². The first-order valence-electron chi connectivity index (χ1n) is 6.63. The lowest BCUT2D eigenvalue weighted by atomic mass is 10.3. The molecule has 1 aromatic carbocycles. The summed E-state index contributed by atoms with van der Waals surface area (Å²) in [6, 6.07) is 5.55. The number of ether oxygens (including phenoxy) is 1. The number of nitrogen functional groups attached to an aromatic ring is 2. The Balaban J connectivity index is 1.95. The van der Waals surface area contributed by atoms with Crippen LogP contribution < -0.4 is 21.5 Å². The van der Waals surface area contributed by atoms with Gasteiger partial charge in [-0.25, -0.2) is 0 Å². The molecule has 0 aliphatic heterocycles. The highest BCUT2D eigenvalue weighted by atomic mass is 32.2. The summed E-state index contributed by atoms with van der Waals surface area (Å²) in [7, 11) is 0. The van der Waals surface area contributed by atoms with Crippen LogP contribution in [0.5, 0.6) is 5.75 Å². The van der Waals surface area contributed by atoms with Crippen LogP contribution in [0, 0.1) is 0 Å². The van der Waals surface area contributed by atoms with Crippen molar-refractivity contribution in [3.8, 4) is 5.75 Å². The smallest absolute Gasteiger partial charge is 0.387 e. The molecule has 0 radical (unpaired) electrons. The monoisotopic (exact) mass is 356 g/mol. The Morgan fingerprint density at radius 1 is 1.17 bits per heavy atom.